The summed E-state index contributed by atoms with van der Waals surface area (Å²) in [5, 5.41) is 20.7. The average Bonchev–Trinajstić information content (AvgIpc) is 3.09. The second kappa shape index (κ2) is 8.70. The first-order valence-corrected chi connectivity index (χ1v) is 10.5. The van der Waals surface area contributed by atoms with Crippen LogP contribution >= 0.6 is 0 Å². The zero-order chi connectivity index (χ0) is 24.6. The number of nitrogens with zero attached hydrogens (tertiary/aromatic N) is 1. The van der Waals surface area contributed by atoms with Gasteiger partial charge in [-0.2, -0.15) is 13.2 Å². The van der Waals surface area contributed by atoms with Gasteiger partial charge in [0, 0.05) is 11.3 Å². The molecule has 8 heteroatoms. The number of alkyl halides is 3. The maximum atomic E-state index is 13.1. The fraction of sp³-hybridized carbons (Fsp3) is 0.154. The van der Waals surface area contributed by atoms with Crippen molar-refractivity contribution in [3.8, 4) is 5.75 Å². The van der Waals surface area contributed by atoms with E-state index in [1.54, 1.807) is 24.3 Å². The number of hydrogen-bond acceptors (Lipinski definition) is 4. The minimum atomic E-state index is -4.56. The zero-order valence-corrected chi connectivity index (χ0v) is 18.0. The van der Waals surface area contributed by atoms with Gasteiger partial charge in [0.15, 0.2) is 0 Å². The Morgan fingerprint density at radius 2 is 1.50 bits per heavy atom. The maximum absolute atomic E-state index is 13.1. The molecular formula is C26H20F3NO4. The van der Waals surface area contributed by atoms with Gasteiger partial charge in [-0.3, -0.25) is 14.5 Å². The molecule has 0 radical (unpaired) electrons. The second-order valence-electron chi connectivity index (χ2n) is 7.86. The molecule has 0 bridgehead atoms. The molecule has 1 aliphatic rings. The third-order valence-corrected chi connectivity index (χ3v) is 5.76. The number of halogens is 3. The number of Topliss-reactive ketones (excluding diaryl/α,β-unsaturated/α-hetero) is 1. The molecule has 4 rings (SSSR count). The Morgan fingerprint density at radius 3 is 2.03 bits per heavy atom. The molecule has 174 valence electrons. The summed E-state index contributed by atoms with van der Waals surface area (Å²) in [6.45, 7) is 1.97. The minimum Gasteiger partial charge on any atom is -0.508 e. The van der Waals surface area contributed by atoms with Crippen LogP contribution in [0.15, 0.2) is 78.4 Å². The van der Waals surface area contributed by atoms with Crippen molar-refractivity contribution in [1.82, 2.24) is 0 Å². The van der Waals surface area contributed by atoms with Crippen LogP contribution in [-0.2, 0) is 22.2 Å². The van der Waals surface area contributed by atoms with Crippen LogP contribution in [0.1, 0.15) is 35.2 Å². The Bertz CT molecular complexity index is 1260. The Morgan fingerprint density at radius 1 is 0.912 bits per heavy atom. The minimum absolute atomic E-state index is 0.0506. The topological polar surface area (TPSA) is 77.8 Å². The van der Waals surface area contributed by atoms with E-state index in [0.29, 0.717) is 11.1 Å². The Balaban J connectivity index is 1.88. The standard InChI is InChI=1S/C26H20F3NO4/c1-2-15-3-5-17(6-4-15)23(32)21-22(16-7-13-20(31)14-8-16)30(25(34)24(21)33)19-11-9-18(10-12-19)26(27,28)29/h3-14,22,31-32H,2H2,1H3/b23-21+. The summed E-state index contributed by atoms with van der Waals surface area (Å²) in [5.74, 6) is -2.39. The highest BCUT2D eigenvalue weighted by Gasteiger charge is 2.47. The normalized spacial score (nSPS) is 17.9. The lowest BCUT2D eigenvalue weighted by Crippen LogP contribution is -2.29. The van der Waals surface area contributed by atoms with E-state index in [2.05, 4.69) is 0 Å². The second-order valence-corrected chi connectivity index (χ2v) is 7.86. The van der Waals surface area contributed by atoms with Crippen molar-refractivity contribution in [1.29, 1.82) is 0 Å². The summed E-state index contributed by atoms with van der Waals surface area (Å²) >= 11 is 0. The van der Waals surface area contributed by atoms with Crippen molar-refractivity contribution in [2.24, 2.45) is 0 Å². The van der Waals surface area contributed by atoms with E-state index in [1.807, 2.05) is 6.92 Å². The number of aliphatic hydroxyl groups is 1. The predicted molar refractivity (Wildman–Crippen MR) is 120 cm³/mol. The smallest absolute Gasteiger partial charge is 0.416 e. The first kappa shape index (κ1) is 23.1. The molecule has 34 heavy (non-hydrogen) atoms. The van der Waals surface area contributed by atoms with E-state index >= 15 is 0 Å². The number of benzene rings is 3. The number of amides is 1. The highest BCUT2D eigenvalue weighted by molar-refractivity contribution is 6.51. The molecule has 1 aliphatic heterocycles. The van der Waals surface area contributed by atoms with Gasteiger partial charge in [-0.25, -0.2) is 0 Å². The molecule has 0 saturated carbocycles. The van der Waals surface area contributed by atoms with Crippen LogP contribution in [0.25, 0.3) is 5.76 Å². The fourth-order valence-corrected chi connectivity index (χ4v) is 3.94. The number of carbonyl (C=O) groups is 2. The SMILES string of the molecule is CCc1ccc(/C(O)=C2\C(=O)C(=O)N(c3ccc(C(F)(F)F)cc3)C2c2ccc(O)cc2)cc1. The summed E-state index contributed by atoms with van der Waals surface area (Å²) in [5.41, 5.74) is 0.699. The molecule has 2 N–H and O–H groups in total. The Labute approximate surface area is 193 Å². The summed E-state index contributed by atoms with van der Waals surface area (Å²) in [6, 6.07) is 15.3. The maximum Gasteiger partial charge on any atom is 0.416 e. The van der Waals surface area contributed by atoms with E-state index in [4.69, 9.17) is 0 Å². The average molecular weight is 467 g/mol. The number of anilines is 1. The summed E-state index contributed by atoms with van der Waals surface area (Å²) < 4.78 is 39.1. The van der Waals surface area contributed by atoms with E-state index in [-0.39, 0.29) is 17.0 Å². The van der Waals surface area contributed by atoms with Gasteiger partial charge in [-0.1, -0.05) is 43.3 Å². The number of carbonyl (C=O) groups excluding carboxylic acids is 2. The monoisotopic (exact) mass is 467 g/mol. The number of aliphatic hydroxyl groups excluding tert-OH is 1. The summed E-state index contributed by atoms with van der Waals surface area (Å²) in [6.07, 6.45) is -3.79. The highest BCUT2D eigenvalue weighted by atomic mass is 19.4. The van der Waals surface area contributed by atoms with Crippen LogP contribution in [0.3, 0.4) is 0 Å². The number of hydrogen-bond donors (Lipinski definition) is 2. The molecule has 1 amide bonds. The summed E-state index contributed by atoms with van der Waals surface area (Å²) in [7, 11) is 0. The molecule has 0 aromatic heterocycles. The molecule has 1 unspecified atom stereocenters. The lowest BCUT2D eigenvalue weighted by Gasteiger charge is -2.25. The highest BCUT2D eigenvalue weighted by Crippen LogP contribution is 2.43. The molecule has 5 nitrogen and oxygen atoms in total. The van der Waals surface area contributed by atoms with Gasteiger partial charge in [0.25, 0.3) is 11.7 Å². The molecule has 3 aromatic rings. The van der Waals surface area contributed by atoms with Crippen LogP contribution in [0.2, 0.25) is 0 Å². The third kappa shape index (κ3) is 4.14. The van der Waals surface area contributed by atoms with Crippen molar-refractivity contribution in [2.45, 2.75) is 25.6 Å². The van der Waals surface area contributed by atoms with Gasteiger partial charge in [0.2, 0.25) is 0 Å². The van der Waals surface area contributed by atoms with Crippen molar-refractivity contribution >= 4 is 23.1 Å². The molecule has 1 fully saturated rings. The number of aromatic hydroxyl groups is 1. The number of rotatable bonds is 4. The zero-order valence-electron chi connectivity index (χ0n) is 18.0. The lowest BCUT2D eigenvalue weighted by atomic mass is 9.94. The van der Waals surface area contributed by atoms with Crippen molar-refractivity contribution < 1.29 is 33.0 Å². The van der Waals surface area contributed by atoms with Crippen LogP contribution in [-0.4, -0.2) is 21.9 Å². The molecule has 1 saturated heterocycles. The van der Waals surface area contributed by atoms with Gasteiger partial charge < -0.3 is 10.2 Å². The Kier molecular flexibility index (Phi) is 5.91. The van der Waals surface area contributed by atoms with E-state index in [0.717, 1.165) is 41.1 Å². The first-order valence-electron chi connectivity index (χ1n) is 10.5. The third-order valence-electron chi connectivity index (χ3n) is 5.76. The van der Waals surface area contributed by atoms with Crippen molar-refractivity contribution in [2.75, 3.05) is 4.90 Å². The first-order chi connectivity index (χ1) is 16.1. The predicted octanol–water partition coefficient (Wildman–Crippen LogP) is 5.60. The number of phenolic OH excluding ortho intramolecular Hbond substituents is 1. The van der Waals surface area contributed by atoms with Gasteiger partial charge in [-0.15, -0.1) is 0 Å². The number of phenols is 1. The van der Waals surface area contributed by atoms with E-state index in [9.17, 15) is 33.0 Å². The van der Waals surface area contributed by atoms with Crippen LogP contribution in [0.5, 0.6) is 5.75 Å². The quantitative estimate of drug-likeness (QED) is 0.298. The largest absolute Gasteiger partial charge is 0.508 e. The van der Waals surface area contributed by atoms with E-state index in [1.165, 1.54) is 24.3 Å². The van der Waals surface area contributed by atoms with Crippen LogP contribution in [0.4, 0.5) is 18.9 Å². The van der Waals surface area contributed by atoms with Crippen molar-refractivity contribution in [3.63, 3.8) is 0 Å². The van der Waals surface area contributed by atoms with Crippen LogP contribution in [0, 0.1) is 0 Å². The van der Waals surface area contributed by atoms with Crippen molar-refractivity contribution in [3.05, 3.63) is 101 Å². The van der Waals surface area contributed by atoms with Gasteiger partial charge in [0.05, 0.1) is 17.2 Å². The molecular weight excluding hydrogens is 447 g/mol. The fourth-order valence-electron chi connectivity index (χ4n) is 3.94. The van der Waals surface area contributed by atoms with E-state index < -0.39 is 35.2 Å². The molecule has 0 spiro atoms. The van der Waals surface area contributed by atoms with Gasteiger partial charge in [0.1, 0.15) is 11.5 Å². The number of aryl methyl sites for hydroxylation is 1. The van der Waals surface area contributed by atoms with Gasteiger partial charge in [-0.05, 0) is 53.9 Å². The molecule has 1 atom stereocenters. The van der Waals surface area contributed by atoms with Crippen LogP contribution < -0.4 is 4.90 Å². The molecule has 3 aromatic carbocycles. The molecule has 0 aliphatic carbocycles. The number of ketones is 1. The molecule has 1 heterocycles. The summed E-state index contributed by atoms with van der Waals surface area (Å²) in [4.78, 5) is 27.2. The Hall–Kier alpha value is -4.07. The lowest BCUT2D eigenvalue weighted by molar-refractivity contribution is -0.137. The van der Waals surface area contributed by atoms with Gasteiger partial charge >= 0.3 is 6.18 Å².